The molecule has 8 heteroatoms. The van der Waals surface area contributed by atoms with Crippen molar-refractivity contribution in [2.45, 2.75) is 44.6 Å². The van der Waals surface area contributed by atoms with Gasteiger partial charge in [0, 0.05) is 0 Å². The minimum absolute atomic E-state index is 0.0753. The van der Waals surface area contributed by atoms with Crippen molar-refractivity contribution in [2.75, 3.05) is 33.0 Å². The molecule has 0 radical (unpaired) electrons. The van der Waals surface area contributed by atoms with Crippen LogP contribution in [0.25, 0.3) is 0 Å². The summed E-state index contributed by atoms with van der Waals surface area (Å²) in [5.41, 5.74) is 0.470. The lowest BCUT2D eigenvalue weighted by Gasteiger charge is -2.19. The molecule has 1 rings (SSSR count). The number of ether oxygens (including phenoxy) is 3. The molecule has 0 fully saturated rings. The molecule has 0 spiro atoms. The number of rotatable bonds is 11. The molecule has 0 atom stereocenters. The van der Waals surface area contributed by atoms with E-state index in [-0.39, 0.29) is 43.7 Å². The molecule has 0 aromatic heterocycles. The van der Waals surface area contributed by atoms with Crippen LogP contribution in [0.4, 0.5) is 0 Å². The summed E-state index contributed by atoms with van der Waals surface area (Å²) in [7, 11) is -3.77. The fourth-order valence-corrected chi connectivity index (χ4v) is 2.74. The van der Waals surface area contributed by atoms with E-state index >= 15 is 0 Å². The van der Waals surface area contributed by atoms with Crippen LogP contribution in [-0.4, -0.2) is 53.0 Å². The maximum atomic E-state index is 11.9. The molecular formula is C18H28O7S. The van der Waals surface area contributed by atoms with Crippen molar-refractivity contribution >= 4 is 16.1 Å². The maximum Gasteiger partial charge on any atom is 0.308 e. The summed E-state index contributed by atoms with van der Waals surface area (Å²) in [5.74, 6) is -0.312. The van der Waals surface area contributed by atoms with Crippen LogP contribution in [0.2, 0.25) is 0 Å². The van der Waals surface area contributed by atoms with Crippen molar-refractivity contribution in [3.05, 3.63) is 29.8 Å². The lowest BCUT2D eigenvalue weighted by atomic mass is 10.2. The van der Waals surface area contributed by atoms with Crippen LogP contribution < -0.4 is 0 Å². The monoisotopic (exact) mass is 388 g/mol. The standard InChI is InChI=1S/C18H28O7S/c1-15-5-7-16(8-6-15)26(20,21)24-14-13-23-12-11-22-10-9-17(19)25-18(2,3)4/h5-8H,9-14H2,1-4H3. The highest BCUT2D eigenvalue weighted by molar-refractivity contribution is 7.86. The number of carbonyl (C=O) groups is 1. The molecule has 0 bridgehead atoms. The van der Waals surface area contributed by atoms with Gasteiger partial charge in [-0.25, -0.2) is 0 Å². The Kier molecular flexibility index (Phi) is 9.21. The van der Waals surface area contributed by atoms with E-state index < -0.39 is 15.7 Å². The number of benzene rings is 1. The largest absolute Gasteiger partial charge is 0.460 e. The van der Waals surface area contributed by atoms with E-state index in [0.717, 1.165) is 5.56 Å². The third kappa shape index (κ3) is 9.86. The van der Waals surface area contributed by atoms with Gasteiger partial charge < -0.3 is 14.2 Å². The molecule has 7 nitrogen and oxygen atoms in total. The summed E-state index contributed by atoms with van der Waals surface area (Å²) in [5, 5.41) is 0. The summed E-state index contributed by atoms with van der Waals surface area (Å²) < 4.78 is 44.4. The van der Waals surface area contributed by atoms with Gasteiger partial charge in [0.1, 0.15) is 5.60 Å². The van der Waals surface area contributed by atoms with Gasteiger partial charge in [0.2, 0.25) is 0 Å². The molecule has 1 aromatic carbocycles. The van der Waals surface area contributed by atoms with Gasteiger partial charge in [-0.1, -0.05) is 17.7 Å². The molecule has 26 heavy (non-hydrogen) atoms. The van der Waals surface area contributed by atoms with Gasteiger partial charge in [-0.2, -0.15) is 8.42 Å². The summed E-state index contributed by atoms with van der Waals surface area (Å²) in [4.78, 5) is 11.6. The first kappa shape index (κ1) is 22.6. The van der Waals surface area contributed by atoms with Gasteiger partial charge >= 0.3 is 5.97 Å². The zero-order valence-corrected chi connectivity index (χ0v) is 16.6. The average Bonchev–Trinajstić information content (AvgIpc) is 2.52. The lowest BCUT2D eigenvalue weighted by Crippen LogP contribution is -2.24. The van der Waals surface area contributed by atoms with E-state index in [2.05, 4.69) is 0 Å². The highest BCUT2D eigenvalue weighted by atomic mass is 32.2. The Morgan fingerprint density at radius 3 is 2.04 bits per heavy atom. The predicted molar refractivity (Wildman–Crippen MR) is 96.4 cm³/mol. The Hall–Kier alpha value is -1.48. The molecule has 0 unspecified atom stereocenters. The summed E-state index contributed by atoms with van der Waals surface area (Å²) in [6.45, 7) is 8.17. The quantitative estimate of drug-likeness (QED) is 0.327. The fraction of sp³-hybridized carbons (Fsp3) is 0.611. The Bertz CT molecular complexity index is 645. The smallest absolute Gasteiger partial charge is 0.308 e. The van der Waals surface area contributed by atoms with Crippen LogP contribution in [0, 0.1) is 6.92 Å². The molecule has 0 amide bonds. The second kappa shape index (κ2) is 10.6. The average molecular weight is 388 g/mol. The molecule has 0 N–H and O–H groups in total. The number of carbonyl (C=O) groups excluding carboxylic acids is 1. The van der Waals surface area contributed by atoms with E-state index in [4.69, 9.17) is 18.4 Å². The van der Waals surface area contributed by atoms with E-state index in [9.17, 15) is 13.2 Å². The van der Waals surface area contributed by atoms with Crippen LogP contribution in [0.3, 0.4) is 0 Å². The highest BCUT2D eigenvalue weighted by Gasteiger charge is 2.16. The van der Waals surface area contributed by atoms with Gasteiger partial charge in [0.15, 0.2) is 0 Å². The number of hydrogen-bond donors (Lipinski definition) is 0. The predicted octanol–water partition coefficient (Wildman–Crippen LogP) is 2.47. The Morgan fingerprint density at radius 2 is 1.46 bits per heavy atom. The zero-order chi connectivity index (χ0) is 19.6. The molecular weight excluding hydrogens is 360 g/mol. The minimum Gasteiger partial charge on any atom is -0.460 e. The van der Waals surface area contributed by atoms with Crippen LogP contribution in [0.1, 0.15) is 32.8 Å². The first-order valence-corrected chi connectivity index (χ1v) is 9.84. The molecule has 148 valence electrons. The van der Waals surface area contributed by atoms with E-state index in [0.29, 0.717) is 6.61 Å². The SMILES string of the molecule is Cc1ccc(S(=O)(=O)OCCOCCOCCC(=O)OC(C)(C)C)cc1. The topological polar surface area (TPSA) is 88.1 Å². The summed E-state index contributed by atoms with van der Waals surface area (Å²) in [6.07, 6.45) is 0.176. The van der Waals surface area contributed by atoms with Gasteiger partial charge in [-0.15, -0.1) is 0 Å². The van der Waals surface area contributed by atoms with E-state index in [1.165, 1.54) is 12.1 Å². The van der Waals surface area contributed by atoms with Gasteiger partial charge in [-0.05, 0) is 39.8 Å². The van der Waals surface area contributed by atoms with Crippen molar-refractivity contribution in [3.63, 3.8) is 0 Å². The number of hydrogen-bond acceptors (Lipinski definition) is 7. The van der Waals surface area contributed by atoms with Crippen LogP contribution >= 0.6 is 0 Å². The Balaban J connectivity index is 2.07. The van der Waals surface area contributed by atoms with E-state index in [1.807, 2.05) is 6.92 Å². The van der Waals surface area contributed by atoms with Crippen LogP contribution in [-0.2, 0) is 33.3 Å². The van der Waals surface area contributed by atoms with Gasteiger partial charge in [0.25, 0.3) is 10.1 Å². The van der Waals surface area contributed by atoms with E-state index in [1.54, 1.807) is 32.9 Å². The first-order chi connectivity index (χ1) is 12.1. The van der Waals surface area contributed by atoms with Crippen molar-refractivity contribution in [3.8, 4) is 0 Å². The Morgan fingerprint density at radius 1 is 0.923 bits per heavy atom. The lowest BCUT2D eigenvalue weighted by molar-refractivity contribution is -0.156. The van der Waals surface area contributed by atoms with Crippen molar-refractivity contribution < 1.29 is 31.6 Å². The first-order valence-electron chi connectivity index (χ1n) is 8.43. The van der Waals surface area contributed by atoms with Crippen LogP contribution in [0.5, 0.6) is 0 Å². The summed E-state index contributed by atoms with van der Waals surface area (Å²) >= 11 is 0. The molecule has 0 saturated carbocycles. The molecule has 0 heterocycles. The molecule has 0 aliphatic carbocycles. The molecule has 1 aromatic rings. The molecule has 0 aliphatic rings. The van der Waals surface area contributed by atoms with Gasteiger partial charge in [-0.3, -0.25) is 8.98 Å². The van der Waals surface area contributed by atoms with Crippen molar-refractivity contribution in [1.29, 1.82) is 0 Å². The molecule has 0 saturated heterocycles. The fourth-order valence-electron chi connectivity index (χ4n) is 1.85. The zero-order valence-electron chi connectivity index (χ0n) is 15.8. The van der Waals surface area contributed by atoms with Gasteiger partial charge in [0.05, 0.1) is 44.4 Å². The van der Waals surface area contributed by atoms with Crippen molar-refractivity contribution in [1.82, 2.24) is 0 Å². The summed E-state index contributed by atoms with van der Waals surface area (Å²) in [6, 6.07) is 6.43. The minimum atomic E-state index is -3.77. The normalized spacial score (nSPS) is 12.2. The maximum absolute atomic E-state index is 11.9. The van der Waals surface area contributed by atoms with Crippen LogP contribution in [0.15, 0.2) is 29.2 Å². The number of aryl methyl sites for hydroxylation is 1. The second-order valence-corrected chi connectivity index (χ2v) is 8.27. The third-order valence-electron chi connectivity index (χ3n) is 3.02. The number of esters is 1. The second-order valence-electron chi connectivity index (χ2n) is 6.65. The third-order valence-corrected chi connectivity index (χ3v) is 4.34. The Labute approximate surface area is 155 Å². The molecule has 0 aliphatic heterocycles. The highest BCUT2D eigenvalue weighted by Crippen LogP contribution is 2.13. The van der Waals surface area contributed by atoms with Crippen molar-refractivity contribution in [2.24, 2.45) is 0 Å².